The van der Waals surface area contributed by atoms with Crippen LogP contribution in [-0.4, -0.2) is 30.4 Å². The van der Waals surface area contributed by atoms with Gasteiger partial charge in [0.25, 0.3) is 0 Å². The third-order valence-electron chi connectivity index (χ3n) is 4.41. The van der Waals surface area contributed by atoms with Crippen molar-refractivity contribution >= 4 is 5.91 Å². The topological polar surface area (TPSA) is 46.3 Å². The summed E-state index contributed by atoms with van der Waals surface area (Å²) in [5.41, 5.74) is 5.79. The van der Waals surface area contributed by atoms with E-state index >= 15 is 0 Å². The minimum Gasteiger partial charge on any atom is -0.342 e. The number of nitrogens with zero attached hydrogens (tertiary/aromatic N) is 1. The summed E-state index contributed by atoms with van der Waals surface area (Å²) >= 11 is 0. The molecule has 1 aliphatic heterocycles. The molecule has 0 aromatic carbocycles. The Labute approximate surface area is 98.4 Å². The van der Waals surface area contributed by atoms with E-state index in [9.17, 15) is 4.79 Å². The van der Waals surface area contributed by atoms with E-state index < -0.39 is 0 Å². The van der Waals surface area contributed by atoms with Gasteiger partial charge >= 0.3 is 0 Å². The predicted octanol–water partition coefficient (Wildman–Crippen LogP) is 1.62. The number of amides is 1. The first-order valence-electron chi connectivity index (χ1n) is 6.53. The molecular weight excluding hydrogens is 200 g/mol. The number of hydrogen-bond donors (Lipinski definition) is 1. The van der Waals surface area contributed by atoms with E-state index in [1.54, 1.807) is 0 Å². The van der Waals surface area contributed by atoms with Crippen molar-refractivity contribution in [3.05, 3.63) is 0 Å². The van der Waals surface area contributed by atoms with E-state index in [-0.39, 0.29) is 11.3 Å². The highest BCUT2D eigenvalue weighted by atomic mass is 16.2. The van der Waals surface area contributed by atoms with Crippen molar-refractivity contribution < 1.29 is 4.79 Å². The van der Waals surface area contributed by atoms with Gasteiger partial charge in [0.2, 0.25) is 5.91 Å². The van der Waals surface area contributed by atoms with Crippen molar-refractivity contribution in [3.8, 4) is 0 Å². The molecule has 0 bridgehead atoms. The summed E-state index contributed by atoms with van der Waals surface area (Å²) in [6, 6.07) is 0. The van der Waals surface area contributed by atoms with E-state index in [4.69, 9.17) is 5.73 Å². The summed E-state index contributed by atoms with van der Waals surface area (Å²) in [6.45, 7) is 6.99. The SMILES string of the molecule is CC1(C)CCCCC1C(=O)N1CC(CN)C1. The maximum atomic E-state index is 12.3. The quantitative estimate of drug-likeness (QED) is 0.774. The van der Waals surface area contributed by atoms with E-state index in [0.29, 0.717) is 11.8 Å². The summed E-state index contributed by atoms with van der Waals surface area (Å²) in [7, 11) is 0. The number of carbonyl (C=O) groups is 1. The smallest absolute Gasteiger partial charge is 0.226 e. The minimum atomic E-state index is 0.198. The Hall–Kier alpha value is -0.570. The molecule has 1 heterocycles. The summed E-state index contributed by atoms with van der Waals surface area (Å²) in [6.07, 6.45) is 4.77. The van der Waals surface area contributed by atoms with Gasteiger partial charge in [0.05, 0.1) is 0 Å². The lowest BCUT2D eigenvalue weighted by Gasteiger charge is -2.45. The zero-order valence-electron chi connectivity index (χ0n) is 10.5. The zero-order valence-corrected chi connectivity index (χ0v) is 10.5. The molecule has 2 rings (SSSR count). The van der Waals surface area contributed by atoms with E-state index in [1.165, 1.54) is 19.3 Å². The van der Waals surface area contributed by atoms with Crippen molar-refractivity contribution in [1.82, 2.24) is 4.90 Å². The van der Waals surface area contributed by atoms with Crippen LogP contribution < -0.4 is 5.73 Å². The van der Waals surface area contributed by atoms with Gasteiger partial charge in [-0.05, 0) is 24.8 Å². The van der Waals surface area contributed by atoms with Crippen LogP contribution in [0.4, 0.5) is 0 Å². The molecule has 2 fully saturated rings. The Morgan fingerprint density at radius 1 is 1.38 bits per heavy atom. The lowest BCUT2D eigenvalue weighted by atomic mass is 9.68. The summed E-state index contributed by atoms with van der Waals surface area (Å²) in [4.78, 5) is 14.4. The normalized spacial score (nSPS) is 29.9. The van der Waals surface area contributed by atoms with Crippen molar-refractivity contribution in [1.29, 1.82) is 0 Å². The molecule has 0 aromatic rings. The molecule has 0 aromatic heterocycles. The number of nitrogens with two attached hydrogens (primary N) is 1. The maximum absolute atomic E-state index is 12.3. The molecular formula is C13H24N2O. The van der Waals surface area contributed by atoms with Crippen molar-refractivity contribution in [2.75, 3.05) is 19.6 Å². The fourth-order valence-corrected chi connectivity index (χ4v) is 3.07. The largest absolute Gasteiger partial charge is 0.342 e. The third kappa shape index (κ3) is 2.10. The summed E-state index contributed by atoms with van der Waals surface area (Å²) in [5.74, 6) is 1.19. The van der Waals surface area contributed by atoms with Crippen molar-refractivity contribution in [3.63, 3.8) is 0 Å². The minimum absolute atomic E-state index is 0.198. The van der Waals surface area contributed by atoms with Crippen molar-refractivity contribution in [2.45, 2.75) is 39.5 Å². The highest BCUT2D eigenvalue weighted by Gasteiger charge is 2.41. The molecule has 2 N–H and O–H groups in total. The molecule has 3 heteroatoms. The van der Waals surface area contributed by atoms with Crippen LogP contribution in [0.2, 0.25) is 0 Å². The average molecular weight is 224 g/mol. The number of carbonyl (C=O) groups excluding carboxylic acids is 1. The summed E-state index contributed by atoms with van der Waals surface area (Å²) < 4.78 is 0. The second kappa shape index (κ2) is 4.36. The molecule has 2 aliphatic rings. The number of hydrogen-bond acceptors (Lipinski definition) is 2. The molecule has 1 saturated heterocycles. The molecule has 92 valence electrons. The molecule has 1 atom stereocenters. The van der Waals surface area contributed by atoms with Gasteiger partial charge in [-0.3, -0.25) is 4.79 Å². The molecule has 0 radical (unpaired) electrons. The van der Waals surface area contributed by atoms with Gasteiger partial charge in [-0.25, -0.2) is 0 Å². The van der Waals surface area contributed by atoms with Crippen LogP contribution in [0.25, 0.3) is 0 Å². The Morgan fingerprint density at radius 2 is 2.06 bits per heavy atom. The van der Waals surface area contributed by atoms with Crippen LogP contribution in [0.3, 0.4) is 0 Å². The first-order chi connectivity index (χ1) is 7.54. The second-order valence-electron chi connectivity index (χ2n) is 6.13. The van der Waals surface area contributed by atoms with Gasteiger partial charge in [-0.2, -0.15) is 0 Å². The Morgan fingerprint density at radius 3 is 2.62 bits per heavy atom. The molecule has 1 aliphatic carbocycles. The fourth-order valence-electron chi connectivity index (χ4n) is 3.07. The van der Waals surface area contributed by atoms with E-state index in [0.717, 1.165) is 26.1 Å². The van der Waals surface area contributed by atoms with Gasteiger partial charge in [-0.1, -0.05) is 26.7 Å². The lowest BCUT2D eigenvalue weighted by Crippen LogP contribution is -2.56. The van der Waals surface area contributed by atoms with Gasteiger partial charge in [-0.15, -0.1) is 0 Å². The maximum Gasteiger partial charge on any atom is 0.226 e. The Bertz CT molecular complexity index is 269. The monoisotopic (exact) mass is 224 g/mol. The van der Waals surface area contributed by atoms with Gasteiger partial charge < -0.3 is 10.6 Å². The zero-order chi connectivity index (χ0) is 11.8. The van der Waals surface area contributed by atoms with Crippen LogP contribution in [0.5, 0.6) is 0 Å². The Balaban J connectivity index is 1.94. The fraction of sp³-hybridized carbons (Fsp3) is 0.923. The molecule has 1 saturated carbocycles. The van der Waals surface area contributed by atoms with Crippen LogP contribution in [0.1, 0.15) is 39.5 Å². The van der Waals surface area contributed by atoms with Crippen molar-refractivity contribution in [2.24, 2.45) is 23.0 Å². The lowest BCUT2D eigenvalue weighted by molar-refractivity contribution is -0.147. The van der Waals surface area contributed by atoms with Gasteiger partial charge in [0.15, 0.2) is 0 Å². The standard InChI is InChI=1S/C13H24N2O/c1-13(2)6-4-3-5-11(13)12(16)15-8-10(7-14)9-15/h10-11H,3-9,14H2,1-2H3. The average Bonchev–Trinajstić information content (AvgIpc) is 2.15. The molecule has 1 unspecified atom stereocenters. The first-order valence-corrected chi connectivity index (χ1v) is 6.53. The molecule has 0 spiro atoms. The highest BCUT2D eigenvalue weighted by molar-refractivity contribution is 5.80. The molecule has 16 heavy (non-hydrogen) atoms. The highest BCUT2D eigenvalue weighted by Crippen LogP contribution is 2.42. The third-order valence-corrected chi connectivity index (χ3v) is 4.41. The number of rotatable bonds is 2. The van der Waals surface area contributed by atoms with E-state index in [2.05, 4.69) is 13.8 Å². The predicted molar refractivity (Wildman–Crippen MR) is 64.9 cm³/mol. The Kier molecular flexibility index (Phi) is 3.24. The second-order valence-corrected chi connectivity index (χ2v) is 6.13. The van der Waals surface area contributed by atoms with Crippen LogP contribution in [0, 0.1) is 17.3 Å². The van der Waals surface area contributed by atoms with Crippen LogP contribution in [0.15, 0.2) is 0 Å². The van der Waals surface area contributed by atoms with Crippen LogP contribution in [-0.2, 0) is 4.79 Å². The molecule has 1 amide bonds. The van der Waals surface area contributed by atoms with Gasteiger partial charge in [0.1, 0.15) is 0 Å². The van der Waals surface area contributed by atoms with Gasteiger partial charge in [0, 0.05) is 24.9 Å². The molecule has 3 nitrogen and oxygen atoms in total. The number of likely N-dealkylation sites (tertiary alicyclic amines) is 1. The van der Waals surface area contributed by atoms with Crippen LogP contribution >= 0.6 is 0 Å². The summed E-state index contributed by atoms with van der Waals surface area (Å²) in [5, 5.41) is 0. The van der Waals surface area contributed by atoms with E-state index in [1.807, 2.05) is 4.90 Å². The first kappa shape index (κ1) is 11.9.